The first-order valence-electron chi connectivity index (χ1n) is 10.1. The Morgan fingerprint density at radius 3 is 2.48 bits per heavy atom. The lowest BCUT2D eigenvalue weighted by molar-refractivity contribution is -0.124. The summed E-state index contributed by atoms with van der Waals surface area (Å²) in [6.45, 7) is 6.26. The van der Waals surface area contributed by atoms with Gasteiger partial charge in [-0.3, -0.25) is 14.5 Å². The Hall–Kier alpha value is -2.73. The maximum atomic E-state index is 13.9. The van der Waals surface area contributed by atoms with Crippen molar-refractivity contribution in [3.05, 3.63) is 71.5 Å². The highest BCUT2D eigenvalue weighted by Crippen LogP contribution is 2.15. The summed E-state index contributed by atoms with van der Waals surface area (Å²) in [4.78, 5) is 27.6. The van der Waals surface area contributed by atoms with Crippen molar-refractivity contribution in [2.45, 2.75) is 38.9 Å². The second-order valence-corrected chi connectivity index (χ2v) is 7.89. The summed E-state index contributed by atoms with van der Waals surface area (Å²) in [6.07, 6.45) is 0.866. The van der Waals surface area contributed by atoms with Crippen LogP contribution < -0.4 is 10.6 Å². The number of carbonyl (C=O) groups excluding carboxylic acids is 2. The van der Waals surface area contributed by atoms with Crippen LogP contribution in [0.1, 0.15) is 36.2 Å². The third kappa shape index (κ3) is 5.64. The number of carbonyl (C=O) groups is 2. The van der Waals surface area contributed by atoms with Gasteiger partial charge in [0.1, 0.15) is 11.9 Å². The molecule has 2 unspecified atom stereocenters. The Kier molecular flexibility index (Phi) is 6.99. The van der Waals surface area contributed by atoms with Crippen molar-refractivity contribution >= 4 is 11.8 Å². The molecule has 0 spiro atoms. The van der Waals surface area contributed by atoms with E-state index in [-0.39, 0.29) is 23.4 Å². The zero-order valence-electron chi connectivity index (χ0n) is 16.9. The van der Waals surface area contributed by atoms with Crippen molar-refractivity contribution in [2.24, 2.45) is 5.92 Å². The van der Waals surface area contributed by atoms with Gasteiger partial charge in [-0.2, -0.15) is 0 Å². The molecule has 2 aromatic rings. The van der Waals surface area contributed by atoms with Crippen LogP contribution in [0.3, 0.4) is 0 Å². The second kappa shape index (κ2) is 9.65. The van der Waals surface area contributed by atoms with Crippen LogP contribution in [0, 0.1) is 11.7 Å². The first-order valence-corrected chi connectivity index (χ1v) is 10.1. The number of amides is 2. The van der Waals surface area contributed by atoms with E-state index in [1.807, 2.05) is 32.0 Å². The average Bonchev–Trinajstić information content (AvgIpc) is 3.13. The SMILES string of the molecule is CC(C)C(NC(=O)c1ccccc1F)C(=O)NC1CCN(Cc2ccccc2)C1. The van der Waals surface area contributed by atoms with Crippen molar-refractivity contribution < 1.29 is 14.0 Å². The number of halogens is 1. The van der Waals surface area contributed by atoms with Crippen LogP contribution in [0.5, 0.6) is 0 Å². The normalized spacial score (nSPS) is 17.9. The topological polar surface area (TPSA) is 61.4 Å². The minimum atomic E-state index is -0.717. The Labute approximate surface area is 171 Å². The molecule has 2 aromatic carbocycles. The Bertz CT molecular complexity index is 841. The number of benzene rings is 2. The smallest absolute Gasteiger partial charge is 0.254 e. The summed E-state index contributed by atoms with van der Waals surface area (Å²) >= 11 is 0. The minimum Gasteiger partial charge on any atom is -0.350 e. The fourth-order valence-electron chi connectivity index (χ4n) is 3.63. The maximum Gasteiger partial charge on any atom is 0.254 e. The van der Waals surface area contributed by atoms with Gasteiger partial charge in [0.2, 0.25) is 5.91 Å². The molecule has 2 N–H and O–H groups in total. The van der Waals surface area contributed by atoms with E-state index in [4.69, 9.17) is 0 Å². The van der Waals surface area contributed by atoms with Crippen LogP contribution in [0.4, 0.5) is 4.39 Å². The lowest BCUT2D eigenvalue weighted by Gasteiger charge is -2.24. The third-order valence-electron chi connectivity index (χ3n) is 5.22. The molecule has 0 saturated carbocycles. The monoisotopic (exact) mass is 397 g/mol. The summed E-state index contributed by atoms with van der Waals surface area (Å²) in [7, 11) is 0. The van der Waals surface area contributed by atoms with E-state index in [1.165, 1.54) is 23.8 Å². The number of rotatable bonds is 7. The van der Waals surface area contributed by atoms with Gasteiger partial charge in [-0.25, -0.2) is 4.39 Å². The lowest BCUT2D eigenvalue weighted by Crippen LogP contribution is -2.52. The largest absolute Gasteiger partial charge is 0.350 e. The van der Waals surface area contributed by atoms with Crippen molar-refractivity contribution in [2.75, 3.05) is 13.1 Å². The molecule has 1 saturated heterocycles. The van der Waals surface area contributed by atoms with E-state index in [0.717, 1.165) is 26.1 Å². The summed E-state index contributed by atoms with van der Waals surface area (Å²) in [6, 6.07) is 15.3. The van der Waals surface area contributed by atoms with Gasteiger partial charge in [-0.15, -0.1) is 0 Å². The highest BCUT2D eigenvalue weighted by Gasteiger charge is 2.30. The number of hydrogen-bond donors (Lipinski definition) is 2. The molecule has 1 aliphatic heterocycles. The van der Waals surface area contributed by atoms with Crippen LogP contribution >= 0.6 is 0 Å². The quantitative estimate of drug-likeness (QED) is 0.755. The van der Waals surface area contributed by atoms with Gasteiger partial charge in [0, 0.05) is 25.7 Å². The number of hydrogen-bond acceptors (Lipinski definition) is 3. The van der Waals surface area contributed by atoms with Crippen molar-refractivity contribution in [3.8, 4) is 0 Å². The molecule has 1 heterocycles. The molecule has 1 aliphatic rings. The summed E-state index contributed by atoms with van der Waals surface area (Å²) in [5, 5.41) is 5.75. The molecule has 3 rings (SSSR count). The van der Waals surface area contributed by atoms with Crippen LogP contribution in [0.15, 0.2) is 54.6 Å². The van der Waals surface area contributed by atoms with Crippen molar-refractivity contribution in [3.63, 3.8) is 0 Å². The molecule has 0 aromatic heterocycles. The molecule has 154 valence electrons. The number of nitrogens with zero attached hydrogens (tertiary/aromatic N) is 1. The van der Waals surface area contributed by atoms with Gasteiger partial charge in [0.15, 0.2) is 0 Å². The summed E-state index contributed by atoms with van der Waals surface area (Å²) in [5.41, 5.74) is 1.19. The van der Waals surface area contributed by atoms with Crippen LogP contribution in [-0.4, -0.2) is 41.9 Å². The Morgan fingerprint density at radius 1 is 1.10 bits per heavy atom. The summed E-state index contributed by atoms with van der Waals surface area (Å²) < 4.78 is 13.9. The minimum absolute atomic E-state index is 0.0397. The fourth-order valence-corrected chi connectivity index (χ4v) is 3.63. The first-order chi connectivity index (χ1) is 13.9. The molecule has 0 radical (unpaired) electrons. The van der Waals surface area contributed by atoms with E-state index in [0.29, 0.717) is 0 Å². The van der Waals surface area contributed by atoms with E-state index >= 15 is 0 Å². The zero-order chi connectivity index (χ0) is 20.8. The molecule has 6 heteroatoms. The standard InChI is InChI=1S/C23H28FN3O2/c1-16(2)21(26-22(28)19-10-6-7-11-20(19)24)23(29)25-18-12-13-27(15-18)14-17-8-4-3-5-9-17/h3-11,16,18,21H,12-15H2,1-2H3,(H,25,29)(H,26,28). The highest BCUT2D eigenvalue weighted by atomic mass is 19.1. The van der Waals surface area contributed by atoms with E-state index < -0.39 is 17.8 Å². The van der Waals surface area contributed by atoms with Crippen molar-refractivity contribution in [1.29, 1.82) is 0 Å². The molecule has 2 amide bonds. The Balaban J connectivity index is 1.56. The van der Waals surface area contributed by atoms with Crippen LogP contribution in [-0.2, 0) is 11.3 Å². The third-order valence-corrected chi connectivity index (χ3v) is 5.22. The van der Waals surface area contributed by atoms with Crippen LogP contribution in [0.2, 0.25) is 0 Å². The fraction of sp³-hybridized carbons (Fsp3) is 0.391. The van der Waals surface area contributed by atoms with Gasteiger partial charge in [0.25, 0.3) is 5.91 Å². The molecule has 5 nitrogen and oxygen atoms in total. The first kappa shape index (κ1) is 21.0. The van der Waals surface area contributed by atoms with E-state index in [2.05, 4.69) is 27.7 Å². The van der Waals surface area contributed by atoms with Gasteiger partial charge in [-0.05, 0) is 30.0 Å². The van der Waals surface area contributed by atoms with Gasteiger partial charge in [0.05, 0.1) is 5.56 Å². The van der Waals surface area contributed by atoms with E-state index in [9.17, 15) is 14.0 Å². The van der Waals surface area contributed by atoms with Crippen molar-refractivity contribution in [1.82, 2.24) is 15.5 Å². The highest BCUT2D eigenvalue weighted by molar-refractivity contribution is 5.97. The second-order valence-electron chi connectivity index (χ2n) is 7.89. The maximum absolute atomic E-state index is 13.9. The molecule has 29 heavy (non-hydrogen) atoms. The molecule has 1 fully saturated rings. The summed E-state index contributed by atoms with van der Waals surface area (Å²) in [5.74, 6) is -1.52. The van der Waals surface area contributed by atoms with Gasteiger partial charge in [-0.1, -0.05) is 56.3 Å². The average molecular weight is 397 g/mol. The van der Waals surface area contributed by atoms with Gasteiger partial charge >= 0.3 is 0 Å². The molecular formula is C23H28FN3O2. The van der Waals surface area contributed by atoms with Crippen LogP contribution in [0.25, 0.3) is 0 Å². The molecule has 0 bridgehead atoms. The number of likely N-dealkylation sites (tertiary alicyclic amines) is 1. The zero-order valence-corrected chi connectivity index (χ0v) is 16.9. The molecular weight excluding hydrogens is 369 g/mol. The number of nitrogens with one attached hydrogen (secondary N) is 2. The van der Waals surface area contributed by atoms with E-state index in [1.54, 1.807) is 6.07 Å². The Morgan fingerprint density at radius 2 is 1.79 bits per heavy atom. The lowest BCUT2D eigenvalue weighted by atomic mass is 10.0. The predicted molar refractivity (Wildman–Crippen MR) is 111 cm³/mol. The van der Waals surface area contributed by atoms with Gasteiger partial charge < -0.3 is 10.6 Å². The molecule has 2 atom stereocenters. The predicted octanol–water partition coefficient (Wildman–Crippen LogP) is 2.97. The molecule has 0 aliphatic carbocycles.